The number of hydrogen-bond acceptors (Lipinski definition) is 3. The van der Waals surface area contributed by atoms with Crippen LogP contribution in [0.15, 0.2) is 42.5 Å². The molecule has 0 bridgehead atoms. The summed E-state index contributed by atoms with van der Waals surface area (Å²) in [6.07, 6.45) is 5.32. The molecule has 2 atom stereocenters. The Morgan fingerprint density at radius 3 is 2.72 bits per heavy atom. The molecule has 0 N–H and O–H groups in total. The maximum atomic E-state index is 12.7. The van der Waals surface area contributed by atoms with Gasteiger partial charge < -0.3 is 9.80 Å². The van der Waals surface area contributed by atoms with Crippen molar-refractivity contribution in [3.8, 4) is 6.07 Å². The number of hydrogen-bond donors (Lipinski definition) is 0. The van der Waals surface area contributed by atoms with Crippen LogP contribution in [0.3, 0.4) is 0 Å². The largest absolute Gasteiger partial charge is 0.341 e. The molecule has 1 aliphatic carbocycles. The van der Waals surface area contributed by atoms with Crippen LogP contribution >= 0.6 is 11.6 Å². The van der Waals surface area contributed by atoms with Gasteiger partial charge in [0.15, 0.2) is 0 Å². The van der Waals surface area contributed by atoms with Crippen LogP contribution in [-0.2, 0) is 17.6 Å². The molecule has 1 aliphatic heterocycles. The van der Waals surface area contributed by atoms with Crippen LogP contribution in [0.1, 0.15) is 41.5 Å². The average Bonchev–Trinajstić information content (AvgIpc) is 3.11. The first-order valence-corrected chi connectivity index (χ1v) is 11.8. The molecule has 1 saturated carbocycles. The van der Waals surface area contributed by atoms with E-state index in [2.05, 4.69) is 42.2 Å². The van der Waals surface area contributed by atoms with Gasteiger partial charge in [0.05, 0.1) is 17.1 Å². The summed E-state index contributed by atoms with van der Waals surface area (Å²) in [5.74, 6) is 0.238. The van der Waals surface area contributed by atoms with Crippen molar-refractivity contribution in [2.24, 2.45) is 10.8 Å². The third-order valence-corrected chi connectivity index (χ3v) is 7.98. The zero-order chi connectivity index (χ0) is 22.9. The van der Waals surface area contributed by atoms with Gasteiger partial charge >= 0.3 is 0 Å². The number of rotatable bonds is 7. The highest BCUT2D eigenvalue weighted by atomic mass is 35.5. The summed E-state index contributed by atoms with van der Waals surface area (Å²) in [6.45, 7) is 4.41. The second-order valence-corrected chi connectivity index (χ2v) is 10.5. The maximum Gasteiger partial charge on any atom is 0.236 e. The van der Waals surface area contributed by atoms with Gasteiger partial charge in [0, 0.05) is 13.1 Å². The van der Waals surface area contributed by atoms with Gasteiger partial charge in [-0.05, 0) is 92.8 Å². The van der Waals surface area contributed by atoms with Crippen molar-refractivity contribution in [1.29, 1.82) is 5.26 Å². The average molecular weight is 450 g/mol. The number of likely N-dealkylation sites (tertiary alicyclic amines) is 1. The Kier molecular flexibility index (Phi) is 6.34. The molecular formula is C27H32ClN3O. The highest BCUT2D eigenvalue weighted by Gasteiger charge is 2.68. The van der Waals surface area contributed by atoms with Crippen molar-refractivity contribution in [2.75, 3.05) is 33.7 Å². The fourth-order valence-corrected chi connectivity index (χ4v) is 5.94. The molecule has 0 radical (unpaired) electrons. The Balaban J connectivity index is 1.54. The molecule has 4 nitrogen and oxygen atoms in total. The first kappa shape index (κ1) is 22.8. The Hall–Kier alpha value is -2.35. The van der Waals surface area contributed by atoms with E-state index in [1.54, 1.807) is 0 Å². The van der Waals surface area contributed by atoms with Gasteiger partial charge in [-0.2, -0.15) is 5.26 Å². The van der Waals surface area contributed by atoms with Crippen molar-refractivity contribution in [2.45, 2.75) is 39.0 Å². The Morgan fingerprint density at radius 2 is 2.03 bits per heavy atom. The standard InChI is InChI=1S/C27H32ClN3O/c1-20-6-4-5-7-22(20)15-26(11-10-21-8-9-23(16-29)24(28)14-21)18-27(26)12-13-31(19-27)25(32)17-30(2)3/h4-9,14H,10-13,15,17-19H2,1-3H3/t26-,27+/m1/s1. The Bertz CT molecular complexity index is 1060. The molecule has 0 unspecified atom stereocenters. The van der Waals surface area contributed by atoms with E-state index in [-0.39, 0.29) is 16.7 Å². The number of carbonyl (C=O) groups excluding carboxylic acids is 1. The van der Waals surface area contributed by atoms with E-state index >= 15 is 0 Å². The molecule has 1 saturated heterocycles. The SMILES string of the molecule is Cc1ccccc1C[C@]1(CCc2ccc(C#N)c(Cl)c2)C[C@]12CCN(C(=O)CN(C)C)C2. The second-order valence-electron chi connectivity index (χ2n) is 10.1. The lowest BCUT2D eigenvalue weighted by atomic mass is 9.81. The van der Waals surface area contributed by atoms with Crippen LogP contribution in [0.25, 0.3) is 0 Å². The number of nitrogens with zero attached hydrogens (tertiary/aromatic N) is 3. The number of carbonyl (C=O) groups is 1. The molecule has 2 aromatic rings. The van der Waals surface area contributed by atoms with E-state index in [1.165, 1.54) is 23.1 Å². The van der Waals surface area contributed by atoms with Crippen LogP contribution in [0, 0.1) is 29.1 Å². The molecule has 2 aromatic carbocycles. The van der Waals surface area contributed by atoms with Crippen molar-refractivity contribution in [1.82, 2.24) is 9.80 Å². The Labute approximate surface area is 196 Å². The predicted molar refractivity (Wildman–Crippen MR) is 129 cm³/mol. The number of halogens is 1. The van der Waals surface area contributed by atoms with Crippen molar-refractivity contribution < 1.29 is 4.79 Å². The molecule has 2 aliphatic rings. The number of likely N-dealkylation sites (N-methyl/N-ethyl adjacent to an activating group) is 1. The lowest BCUT2D eigenvalue weighted by molar-refractivity contribution is -0.131. The van der Waals surface area contributed by atoms with E-state index in [0.717, 1.165) is 38.8 Å². The molecule has 32 heavy (non-hydrogen) atoms. The van der Waals surface area contributed by atoms with Gasteiger partial charge in [-0.3, -0.25) is 4.79 Å². The minimum Gasteiger partial charge on any atom is -0.341 e. The van der Waals surface area contributed by atoms with Gasteiger partial charge in [-0.1, -0.05) is 41.9 Å². The van der Waals surface area contributed by atoms with E-state index in [0.29, 0.717) is 17.1 Å². The van der Waals surface area contributed by atoms with E-state index < -0.39 is 0 Å². The van der Waals surface area contributed by atoms with Gasteiger partial charge in [0.2, 0.25) is 5.91 Å². The lowest BCUT2D eigenvalue weighted by Gasteiger charge is -2.25. The summed E-state index contributed by atoms with van der Waals surface area (Å²) in [5, 5.41) is 9.69. The molecule has 1 spiro atoms. The predicted octanol–water partition coefficient (Wildman–Crippen LogP) is 4.87. The lowest BCUT2D eigenvalue weighted by Crippen LogP contribution is -2.37. The maximum absolute atomic E-state index is 12.7. The zero-order valence-electron chi connectivity index (χ0n) is 19.3. The van der Waals surface area contributed by atoms with Crippen molar-refractivity contribution in [3.05, 3.63) is 69.7 Å². The van der Waals surface area contributed by atoms with Crippen molar-refractivity contribution >= 4 is 17.5 Å². The third kappa shape index (κ3) is 4.42. The highest BCUT2D eigenvalue weighted by Crippen LogP contribution is 2.71. The minimum atomic E-state index is 0.201. The third-order valence-electron chi connectivity index (χ3n) is 7.67. The van der Waals surface area contributed by atoms with Crippen LogP contribution in [-0.4, -0.2) is 49.4 Å². The smallest absolute Gasteiger partial charge is 0.236 e. The second kappa shape index (κ2) is 8.89. The molecule has 1 amide bonds. The number of amides is 1. The summed E-state index contributed by atoms with van der Waals surface area (Å²) in [6, 6.07) is 16.6. The Morgan fingerprint density at radius 1 is 1.25 bits per heavy atom. The fraction of sp³-hybridized carbons (Fsp3) is 0.481. The minimum absolute atomic E-state index is 0.201. The monoisotopic (exact) mass is 449 g/mol. The fourth-order valence-electron chi connectivity index (χ4n) is 5.69. The zero-order valence-corrected chi connectivity index (χ0v) is 20.1. The van der Waals surface area contributed by atoms with Crippen LogP contribution in [0.2, 0.25) is 5.02 Å². The van der Waals surface area contributed by atoms with Crippen LogP contribution < -0.4 is 0 Å². The molecule has 2 fully saturated rings. The molecule has 4 rings (SSSR count). The number of nitriles is 1. The summed E-state index contributed by atoms with van der Waals surface area (Å²) < 4.78 is 0. The first-order valence-electron chi connectivity index (χ1n) is 11.4. The normalized spacial score (nSPS) is 24.2. The summed E-state index contributed by atoms with van der Waals surface area (Å²) in [7, 11) is 3.90. The molecule has 0 aromatic heterocycles. The van der Waals surface area contributed by atoms with Gasteiger partial charge in [-0.25, -0.2) is 0 Å². The quantitative estimate of drug-likeness (QED) is 0.606. The summed E-state index contributed by atoms with van der Waals surface area (Å²) >= 11 is 6.29. The van der Waals surface area contributed by atoms with E-state index in [9.17, 15) is 4.79 Å². The summed E-state index contributed by atoms with van der Waals surface area (Å²) in [5.41, 5.74) is 4.88. The van der Waals surface area contributed by atoms with E-state index in [4.69, 9.17) is 16.9 Å². The number of aryl methyl sites for hydroxylation is 2. The van der Waals surface area contributed by atoms with Crippen LogP contribution in [0.4, 0.5) is 0 Å². The van der Waals surface area contributed by atoms with Gasteiger partial charge in [0.25, 0.3) is 0 Å². The van der Waals surface area contributed by atoms with E-state index in [1.807, 2.05) is 37.2 Å². The molecule has 1 heterocycles. The van der Waals surface area contributed by atoms with Gasteiger partial charge in [0.1, 0.15) is 6.07 Å². The van der Waals surface area contributed by atoms with Crippen molar-refractivity contribution in [3.63, 3.8) is 0 Å². The molecule has 5 heteroatoms. The first-order chi connectivity index (χ1) is 15.3. The highest BCUT2D eigenvalue weighted by molar-refractivity contribution is 6.31. The van der Waals surface area contributed by atoms with Gasteiger partial charge in [-0.15, -0.1) is 0 Å². The van der Waals surface area contributed by atoms with Crippen LogP contribution in [0.5, 0.6) is 0 Å². The topological polar surface area (TPSA) is 47.3 Å². The molecule has 168 valence electrons. The number of benzene rings is 2. The summed E-state index contributed by atoms with van der Waals surface area (Å²) in [4.78, 5) is 16.8. The molecular weight excluding hydrogens is 418 g/mol.